The van der Waals surface area contributed by atoms with Gasteiger partial charge in [0.1, 0.15) is 6.10 Å². The number of piperidine rings is 1. The van der Waals surface area contributed by atoms with Gasteiger partial charge in [-0.05, 0) is 57.1 Å². The van der Waals surface area contributed by atoms with E-state index in [0.29, 0.717) is 35.6 Å². The molecule has 24 heavy (non-hydrogen) atoms. The van der Waals surface area contributed by atoms with E-state index in [1.54, 1.807) is 21.3 Å². The molecule has 1 amide bonds. The van der Waals surface area contributed by atoms with Gasteiger partial charge in [-0.3, -0.25) is 5.41 Å². The Kier molecular flexibility index (Phi) is 6.97. The first-order valence-electron chi connectivity index (χ1n) is 8.21. The maximum atomic E-state index is 11.7. The number of amides is 1. The first kappa shape index (κ1) is 19.1. The van der Waals surface area contributed by atoms with Crippen LogP contribution in [0.1, 0.15) is 39.0 Å². The summed E-state index contributed by atoms with van der Waals surface area (Å²) in [5, 5.41) is 13.1. The molecule has 0 aliphatic carbocycles. The summed E-state index contributed by atoms with van der Waals surface area (Å²) in [4.78, 5) is 13.9. The molecule has 1 aliphatic heterocycles. The summed E-state index contributed by atoms with van der Waals surface area (Å²) in [7, 11) is 0. The fourth-order valence-corrected chi connectivity index (χ4v) is 3.90. The van der Waals surface area contributed by atoms with E-state index in [9.17, 15) is 4.79 Å². The number of carbonyl (C=O) groups is 1. The number of nitrogens with zero attached hydrogens (tertiary/aromatic N) is 3. The molecule has 0 bridgehead atoms. The van der Waals surface area contributed by atoms with Gasteiger partial charge in [-0.15, -0.1) is 16.9 Å². The molecule has 2 unspecified atom stereocenters. The minimum Gasteiger partial charge on any atom is -0.466 e. The normalized spacial score (nSPS) is 18.2. The third kappa shape index (κ3) is 4.66. The minimum absolute atomic E-state index is 0.0120. The van der Waals surface area contributed by atoms with Crippen LogP contribution in [0.3, 0.4) is 0 Å². The molecule has 1 N–H and O–H groups in total. The zero-order valence-corrected chi connectivity index (χ0v) is 16.3. The van der Waals surface area contributed by atoms with Crippen molar-refractivity contribution in [2.24, 2.45) is 5.92 Å². The smallest absolute Gasteiger partial charge is 0.409 e. The van der Waals surface area contributed by atoms with Gasteiger partial charge in [0, 0.05) is 13.1 Å². The van der Waals surface area contributed by atoms with E-state index >= 15 is 0 Å². The fraction of sp³-hybridized carbons (Fsp3) is 0.800. The second kappa shape index (κ2) is 8.75. The molecular weight excluding hydrogens is 348 g/mol. The third-order valence-corrected chi connectivity index (χ3v) is 5.90. The Labute approximate surface area is 150 Å². The molecule has 0 spiro atoms. The number of likely N-dealkylation sites (tertiary alicyclic amines) is 1. The van der Waals surface area contributed by atoms with Gasteiger partial charge in [-0.2, -0.15) is 0 Å². The van der Waals surface area contributed by atoms with Gasteiger partial charge in [-0.1, -0.05) is 0 Å². The quantitative estimate of drug-likeness (QED) is 0.828. The van der Waals surface area contributed by atoms with Crippen LogP contribution in [0.15, 0.2) is 0 Å². The van der Waals surface area contributed by atoms with E-state index in [1.807, 2.05) is 27.0 Å². The van der Waals surface area contributed by atoms with Gasteiger partial charge in [0.05, 0.1) is 12.0 Å². The van der Waals surface area contributed by atoms with Crippen LogP contribution in [0.25, 0.3) is 0 Å². The lowest BCUT2D eigenvalue weighted by molar-refractivity contribution is 0.0655. The molecule has 136 valence electrons. The Morgan fingerprint density at radius 3 is 2.71 bits per heavy atom. The maximum Gasteiger partial charge on any atom is 0.409 e. The lowest BCUT2D eigenvalue weighted by Crippen LogP contribution is -2.42. The van der Waals surface area contributed by atoms with Crippen LogP contribution >= 0.6 is 23.1 Å². The molecule has 0 radical (unpaired) electrons. The van der Waals surface area contributed by atoms with Gasteiger partial charge in [0.2, 0.25) is 4.80 Å². The Morgan fingerprint density at radius 1 is 1.46 bits per heavy atom. The van der Waals surface area contributed by atoms with E-state index in [0.717, 1.165) is 12.8 Å². The summed E-state index contributed by atoms with van der Waals surface area (Å²) in [6.07, 6.45) is 3.56. The number of aromatic nitrogens is 2. The van der Waals surface area contributed by atoms with Crippen LogP contribution in [-0.4, -0.2) is 52.8 Å². The Morgan fingerprint density at radius 2 is 2.12 bits per heavy atom. The maximum absolute atomic E-state index is 11.7. The molecule has 1 saturated heterocycles. The van der Waals surface area contributed by atoms with Gasteiger partial charge >= 0.3 is 6.09 Å². The zero-order valence-electron chi connectivity index (χ0n) is 14.7. The Bertz CT molecular complexity index is 596. The Hall–Kier alpha value is -1.22. The van der Waals surface area contributed by atoms with Crippen molar-refractivity contribution in [3.8, 4) is 5.19 Å². The molecule has 1 fully saturated rings. The van der Waals surface area contributed by atoms with Crippen LogP contribution in [0.2, 0.25) is 0 Å². The molecule has 2 heterocycles. The van der Waals surface area contributed by atoms with Crippen molar-refractivity contribution in [1.82, 2.24) is 14.7 Å². The summed E-state index contributed by atoms with van der Waals surface area (Å²) in [6.45, 7) is 7.68. The number of ether oxygens (including phenoxy) is 2. The van der Waals surface area contributed by atoms with Crippen molar-refractivity contribution < 1.29 is 14.3 Å². The average Bonchev–Trinajstić information content (AvgIpc) is 2.94. The van der Waals surface area contributed by atoms with Crippen molar-refractivity contribution in [2.75, 3.05) is 26.0 Å². The summed E-state index contributed by atoms with van der Waals surface area (Å²) in [5.74, 6) is 0.375. The number of carbonyl (C=O) groups excluding carboxylic acids is 1. The van der Waals surface area contributed by atoms with Gasteiger partial charge in [0.25, 0.3) is 5.19 Å². The molecular formula is C15H26N4O3S2. The van der Waals surface area contributed by atoms with Crippen LogP contribution in [0.4, 0.5) is 4.79 Å². The van der Waals surface area contributed by atoms with Crippen LogP contribution < -0.4 is 9.54 Å². The lowest BCUT2D eigenvalue weighted by atomic mass is 9.92. The minimum atomic E-state index is -0.226. The number of thioether (sulfide) groups is 1. The number of hydrogen-bond acceptors (Lipinski definition) is 7. The SMILES string of the molecule is CCOC(=O)N1CCC(C(C)Oc2nn(C(C)SC)c(=N)s2)CC1. The van der Waals surface area contributed by atoms with E-state index in [2.05, 4.69) is 5.10 Å². The molecule has 1 aromatic heterocycles. The summed E-state index contributed by atoms with van der Waals surface area (Å²) in [6, 6.07) is 0. The summed E-state index contributed by atoms with van der Waals surface area (Å²) < 4.78 is 12.7. The van der Waals surface area contributed by atoms with Crippen molar-refractivity contribution in [3.63, 3.8) is 0 Å². The van der Waals surface area contributed by atoms with Crippen LogP contribution in [0, 0.1) is 11.3 Å². The Balaban J connectivity index is 1.89. The standard InChI is InChI=1S/C15H26N4O3S2/c1-5-21-15(20)18-8-6-12(7-9-18)10(2)22-14-17-19(11(3)23-4)13(16)24-14/h10-12,16H,5-9H2,1-4H3. The highest BCUT2D eigenvalue weighted by Crippen LogP contribution is 2.26. The van der Waals surface area contributed by atoms with Gasteiger partial charge in [-0.25, -0.2) is 9.48 Å². The van der Waals surface area contributed by atoms with E-state index in [-0.39, 0.29) is 17.6 Å². The first-order chi connectivity index (χ1) is 11.5. The highest BCUT2D eigenvalue weighted by molar-refractivity contribution is 7.98. The van der Waals surface area contributed by atoms with Crippen LogP contribution in [-0.2, 0) is 4.74 Å². The molecule has 2 atom stereocenters. The number of hydrogen-bond donors (Lipinski definition) is 1. The van der Waals surface area contributed by atoms with E-state index < -0.39 is 0 Å². The van der Waals surface area contributed by atoms with Crippen molar-refractivity contribution >= 4 is 29.2 Å². The fourth-order valence-electron chi connectivity index (χ4n) is 2.70. The average molecular weight is 375 g/mol. The molecule has 2 rings (SSSR count). The molecule has 1 aromatic rings. The van der Waals surface area contributed by atoms with Crippen molar-refractivity contribution in [1.29, 1.82) is 5.41 Å². The first-order valence-corrected chi connectivity index (χ1v) is 10.3. The van der Waals surface area contributed by atoms with Crippen LogP contribution in [0.5, 0.6) is 5.19 Å². The van der Waals surface area contributed by atoms with Gasteiger partial charge in [0.15, 0.2) is 0 Å². The molecule has 7 nitrogen and oxygen atoms in total. The monoisotopic (exact) mass is 374 g/mol. The zero-order chi connectivity index (χ0) is 17.7. The predicted octanol–water partition coefficient (Wildman–Crippen LogP) is 2.94. The molecule has 0 saturated carbocycles. The van der Waals surface area contributed by atoms with Crippen molar-refractivity contribution in [3.05, 3.63) is 4.80 Å². The number of rotatable bonds is 6. The molecule has 1 aliphatic rings. The van der Waals surface area contributed by atoms with Gasteiger partial charge < -0.3 is 14.4 Å². The largest absolute Gasteiger partial charge is 0.466 e. The summed E-state index contributed by atoms with van der Waals surface area (Å²) >= 11 is 2.90. The third-order valence-electron chi connectivity index (χ3n) is 4.28. The van der Waals surface area contributed by atoms with E-state index in [1.165, 1.54) is 11.3 Å². The summed E-state index contributed by atoms with van der Waals surface area (Å²) in [5.41, 5.74) is 0. The highest BCUT2D eigenvalue weighted by Gasteiger charge is 2.28. The lowest BCUT2D eigenvalue weighted by Gasteiger charge is -2.33. The predicted molar refractivity (Wildman–Crippen MR) is 95.6 cm³/mol. The number of nitrogens with one attached hydrogen (secondary N) is 1. The van der Waals surface area contributed by atoms with Crippen molar-refractivity contribution in [2.45, 2.75) is 45.1 Å². The highest BCUT2D eigenvalue weighted by atomic mass is 32.2. The topological polar surface area (TPSA) is 80.4 Å². The second-order valence-corrected chi connectivity index (χ2v) is 7.89. The molecule has 0 aromatic carbocycles. The molecule has 9 heteroatoms. The van der Waals surface area contributed by atoms with E-state index in [4.69, 9.17) is 14.9 Å². The second-order valence-electron chi connectivity index (χ2n) is 5.80.